The number of hydrogen-bond acceptors (Lipinski definition) is 3. The molecule has 1 amide bonds. The molecule has 3 aromatic rings. The van der Waals surface area contributed by atoms with Crippen LogP contribution in [-0.2, 0) is 6.54 Å². The second kappa shape index (κ2) is 7.55. The lowest BCUT2D eigenvalue weighted by Gasteiger charge is -2.32. The average molecular weight is 365 g/mol. The molecule has 4 heterocycles. The van der Waals surface area contributed by atoms with E-state index in [1.165, 1.54) is 18.7 Å². The average Bonchev–Trinajstić information content (AvgIpc) is 3.29. The second-order valence-corrected chi connectivity index (χ2v) is 7.37. The van der Waals surface area contributed by atoms with Gasteiger partial charge >= 0.3 is 0 Å². The quantitative estimate of drug-likeness (QED) is 0.693. The van der Waals surface area contributed by atoms with Gasteiger partial charge in [-0.3, -0.25) is 9.20 Å². The number of aryl methyl sites for hydroxylation is 2. The van der Waals surface area contributed by atoms with E-state index in [0.29, 0.717) is 11.6 Å². The third kappa shape index (κ3) is 3.36. The van der Waals surface area contributed by atoms with Crippen molar-refractivity contribution in [2.45, 2.75) is 52.0 Å². The third-order valence-corrected chi connectivity index (χ3v) is 5.55. The molecule has 0 N–H and O–H groups in total. The maximum Gasteiger partial charge on any atom is 0.272 e. The number of aromatic nitrogens is 4. The molecule has 3 aromatic heterocycles. The van der Waals surface area contributed by atoms with Crippen LogP contribution in [0.15, 0.2) is 36.8 Å². The standard InChI is InChI=1S/C21H27N5O/c1-3-4-11-24-15-10-22-20(24)17-8-13-25(14-9-17)21(27)19-16(2)23-18-7-5-6-12-26(18)19/h5-7,10,12,15,17H,3-4,8-9,11,13-14H2,1-2H3. The van der Waals surface area contributed by atoms with Gasteiger partial charge in [0.05, 0.1) is 5.69 Å². The Balaban J connectivity index is 1.47. The van der Waals surface area contributed by atoms with E-state index < -0.39 is 0 Å². The summed E-state index contributed by atoms with van der Waals surface area (Å²) in [6, 6.07) is 5.82. The van der Waals surface area contributed by atoms with Gasteiger partial charge in [0.25, 0.3) is 5.91 Å². The van der Waals surface area contributed by atoms with Gasteiger partial charge in [0.1, 0.15) is 17.2 Å². The topological polar surface area (TPSA) is 55.4 Å². The summed E-state index contributed by atoms with van der Waals surface area (Å²) in [7, 11) is 0. The fraction of sp³-hybridized carbons (Fsp3) is 0.476. The number of carbonyl (C=O) groups excluding carboxylic acids is 1. The van der Waals surface area contributed by atoms with Crippen LogP contribution in [0.4, 0.5) is 0 Å². The summed E-state index contributed by atoms with van der Waals surface area (Å²) in [6.45, 7) is 6.69. The number of rotatable bonds is 5. The molecule has 0 aliphatic carbocycles. The summed E-state index contributed by atoms with van der Waals surface area (Å²) in [5.74, 6) is 1.70. The molecule has 0 atom stereocenters. The highest BCUT2D eigenvalue weighted by molar-refractivity contribution is 5.94. The monoisotopic (exact) mass is 365 g/mol. The predicted octanol–water partition coefficient (Wildman–Crippen LogP) is 3.66. The highest BCUT2D eigenvalue weighted by Crippen LogP contribution is 2.28. The van der Waals surface area contributed by atoms with Crippen molar-refractivity contribution in [3.8, 4) is 0 Å². The number of amides is 1. The molecular formula is C21H27N5O. The van der Waals surface area contributed by atoms with E-state index in [1.807, 2.05) is 46.8 Å². The molecule has 0 saturated carbocycles. The number of fused-ring (bicyclic) bond motifs is 1. The highest BCUT2D eigenvalue weighted by Gasteiger charge is 2.29. The number of pyridine rings is 1. The van der Waals surface area contributed by atoms with Gasteiger partial charge in [-0.05, 0) is 38.3 Å². The van der Waals surface area contributed by atoms with E-state index in [4.69, 9.17) is 0 Å². The van der Waals surface area contributed by atoms with Crippen molar-refractivity contribution in [3.05, 3.63) is 54.0 Å². The van der Waals surface area contributed by atoms with E-state index in [0.717, 1.165) is 43.8 Å². The maximum absolute atomic E-state index is 13.1. The fourth-order valence-electron chi connectivity index (χ4n) is 4.06. The van der Waals surface area contributed by atoms with Gasteiger partial charge in [-0.15, -0.1) is 0 Å². The van der Waals surface area contributed by atoms with Crippen molar-refractivity contribution in [3.63, 3.8) is 0 Å². The summed E-state index contributed by atoms with van der Waals surface area (Å²) < 4.78 is 4.20. The van der Waals surface area contributed by atoms with Gasteiger partial charge < -0.3 is 9.47 Å². The molecule has 6 heteroatoms. The lowest BCUT2D eigenvalue weighted by molar-refractivity contribution is 0.0702. The van der Waals surface area contributed by atoms with Crippen LogP contribution in [0, 0.1) is 6.92 Å². The van der Waals surface area contributed by atoms with Crippen LogP contribution < -0.4 is 0 Å². The summed E-state index contributed by atoms with van der Waals surface area (Å²) in [5.41, 5.74) is 2.31. The molecule has 0 unspecified atom stereocenters. The van der Waals surface area contributed by atoms with Crippen molar-refractivity contribution in [2.75, 3.05) is 13.1 Å². The Morgan fingerprint density at radius 2 is 2.04 bits per heavy atom. The first kappa shape index (κ1) is 17.8. The Morgan fingerprint density at radius 3 is 2.81 bits per heavy atom. The lowest BCUT2D eigenvalue weighted by Crippen LogP contribution is -2.39. The molecule has 142 valence electrons. The maximum atomic E-state index is 13.1. The van der Waals surface area contributed by atoms with Crippen molar-refractivity contribution in [2.24, 2.45) is 0 Å². The molecule has 4 rings (SSSR count). The van der Waals surface area contributed by atoms with Crippen LogP contribution in [-0.4, -0.2) is 42.8 Å². The molecule has 1 fully saturated rings. The van der Waals surface area contributed by atoms with Crippen molar-refractivity contribution in [1.29, 1.82) is 0 Å². The molecule has 6 nitrogen and oxygen atoms in total. The molecule has 27 heavy (non-hydrogen) atoms. The second-order valence-electron chi connectivity index (χ2n) is 7.37. The van der Waals surface area contributed by atoms with Crippen LogP contribution in [0.2, 0.25) is 0 Å². The molecule has 0 bridgehead atoms. The Labute approximate surface area is 159 Å². The molecule has 1 aliphatic heterocycles. The van der Waals surface area contributed by atoms with Crippen LogP contribution in [0.3, 0.4) is 0 Å². The van der Waals surface area contributed by atoms with Gasteiger partial charge in [0, 0.05) is 44.1 Å². The van der Waals surface area contributed by atoms with E-state index in [1.54, 1.807) is 0 Å². The van der Waals surface area contributed by atoms with E-state index in [9.17, 15) is 4.79 Å². The molecule has 0 aromatic carbocycles. The zero-order chi connectivity index (χ0) is 18.8. The SMILES string of the molecule is CCCCn1ccnc1C1CCN(C(=O)c2c(C)nc3ccccn23)CC1. The van der Waals surface area contributed by atoms with Gasteiger partial charge in [0.15, 0.2) is 0 Å². The van der Waals surface area contributed by atoms with Gasteiger partial charge in [-0.1, -0.05) is 19.4 Å². The number of unbranched alkanes of at least 4 members (excludes halogenated alkanes) is 1. The first-order chi connectivity index (χ1) is 13.2. The summed E-state index contributed by atoms with van der Waals surface area (Å²) >= 11 is 0. The fourth-order valence-corrected chi connectivity index (χ4v) is 4.06. The largest absolute Gasteiger partial charge is 0.337 e. The van der Waals surface area contributed by atoms with E-state index in [-0.39, 0.29) is 5.91 Å². The number of imidazole rings is 2. The van der Waals surface area contributed by atoms with Crippen LogP contribution in [0.5, 0.6) is 0 Å². The Morgan fingerprint density at radius 1 is 1.22 bits per heavy atom. The van der Waals surface area contributed by atoms with E-state index in [2.05, 4.69) is 27.7 Å². The number of nitrogens with zero attached hydrogens (tertiary/aromatic N) is 5. The summed E-state index contributed by atoms with van der Waals surface area (Å²) in [4.78, 5) is 24.3. The zero-order valence-corrected chi connectivity index (χ0v) is 16.1. The van der Waals surface area contributed by atoms with Crippen molar-refractivity contribution in [1.82, 2.24) is 23.8 Å². The van der Waals surface area contributed by atoms with E-state index >= 15 is 0 Å². The van der Waals surface area contributed by atoms with Crippen molar-refractivity contribution >= 4 is 11.6 Å². The highest BCUT2D eigenvalue weighted by atomic mass is 16.2. The van der Waals surface area contributed by atoms with Crippen LogP contribution >= 0.6 is 0 Å². The minimum Gasteiger partial charge on any atom is -0.337 e. The minimum atomic E-state index is 0.0824. The predicted molar refractivity (Wildman–Crippen MR) is 105 cm³/mol. The van der Waals surface area contributed by atoms with Crippen LogP contribution in [0.25, 0.3) is 5.65 Å². The zero-order valence-electron chi connectivity index (χ0n) is 16.1. The molecule has 1 aliphatic rings. The number of piperidine rings is 1. The normalized spacial score (nSPS) is 15.6. The Bertz CT molecular complexity index is 933. The molecule has 0 spiro atoms. The molecular weight excluding hydrogens is 338 g/mol. The Kier molecular flexibility index (Phi) is 4.97. The van der Waals surface area contributed by atoms with Gasteiger partial charge in [-0.25, -0.2) is 9.97 Å². The van der Waals surface area contributed by atoms with Gasteiger partial charge in [0.2, 0.25) is 0 Å². The third-order valence-electron chi connectivity index (χ3n) is 5.55. The van der Waals surface area contributed by atoms with Crippen LogP contribution in [0.1, 0.15) is 60.5 Å². The number of carbonyl (C=O) groups is 1. The summed E-state index contributed by atoms with van der Waals surface area (Å²) in [5, 5.41) is 0. The van der Waals surface area contributed by atoms with Gasteiger partial charge in [-0.2, -0.15) is 0 Å². The number of hydrogen-bond donors (Lipinski definition) is 0. The first-order valence-electron chi connectivity index (χ1n) is 9.93. The Hall–Kier alpha value is -2.63. The minimum absolute atomic E-state index is 0.0824. The first-order valence-corrected chi connectivity index (χ1v) is 9.93. The molecule has 1 saturated heterocycles. The van der Waals surface area contributed by atoms with Crippen molar-refractivity contribution < 1.29 is 4.79 Å². The lowest BCUT2D eigenvalue weighted by atomic mass is 9.95. The smallest absolute Gasteiger partial charge is 0.272 e. The number of likely N-dealkylation sites (tertiary alicyclic amines) is 1. The summed E-state index contributed by atoms with van der Waals surface area (Å²) in [6.07, 6.45) is 10.2. The molecule has 0 radical (unpaired) electrons.